The Morgan fingerprint density at radius 3 is 2.07 bits per heavy atom. The lowest BCUT2D eigenvalue weighted by atomic mass is 10.3. The van der Waals surface area contributed by atoms with E-state index in [4.69, 9.17) is 11.6 Å². The second-order valence-corrected chi connectivity index (χ2v) is 2.78. The fourth-order valence-electron chi connectivity index (χ4n) is 0.679. The molecule has 0 aliphatic rings. The second kappa shape index (κ2) is 4.84. The van der Waals surface area contributed by atoms with Gasteiger partial charge in [-0.1, -0.05) is 11.6 Å². The van der Waals surface area contributed by atoms with Crippen LogP contribution in [0.25, 0.3) is 0 Å². The van der Waals surface area contributed by atoms with Gasteiger partial charge < -0.3 is 9.47 Å². The molecule has 14 heavy (non-hydrogen) atoms. The van der Waals surface area contributed by atoms with E-state index in [9.17, 15) is 18.0 Å². The highest BCUT2D eigenvalue weighted by molar-refractivity contribution is 6.33. The molecule has 0 saturated heterocycles. The topological polar surface area (TPSA) is 35.5 Å². The molecule has 0 aromatic carbocycles. The van der Waals surface area contributed by atoms with Crippen LogP contribution in [-0.2, 0) is 14.3 Å². The van der Waals surface area contributed by atoms with Crippen LogP contribution in [0.2, 0.25) is 0 Å². The fraction of sp³-hybridized carbons (Fsp3) is 0.857. The van der Waals surface area contributed by atoms with Crippen LogP contribution < -0.4 is 0 Å². The van der Waals surface area contributed by atoms with Gasteiger partial charge in [-0.05, 0) is 13.8 Å². The van der Waals surface area contributed by atoms with Crippen molar-refractivity contribution in [2.24, 2.45) is 0 Å². The van der Waals surface area contributed by atoms with Gasteiger partial charge in [-0.2, -0.15) is 13.2 Å². The third kappa shape index (κ3) is 2.75. The average molecular weight is 235 g/mol. The molecule has 0 spiro atoms. The number of halogens is 4. The normalized spacial score (nSPS) is 16.1. The van der Waals surface area contributed by atoms with Crippen LogP contribution in [-0.4, -0.2) is 30.4 Å². The van der Waals surface area contributed by atoms with E-state index in [-0.39, 0.29) is 13.2 Å². The second-order valence-electron chi connectivity index (χ2n) is 2.25. The van der Waals surface area contributed by atoms with Crippen molar-refractivity contribution in [1.82, 2.24) is 0 Å². The van der Waals surface area contributed by atoms with Gasteiger partial charge in [0.05, 0.1) is 6.61 Å². The number of rotatable bonds is 4. The van der Waals surface area contributed by atoms with Crippen molar-refractivity contribution in [2.45, 2.75) is 25.1 Å². The Kier molecular flexibility index (Phi) is 4.67. The molecule has 0 radical (unpaired) electrons. The summed E-state index contributed by atoms with van der Waals surface area (Å²) >= 11 is 5.02. The Labute approximate surface area is 84.1 Å². The van der Waals surface area contributed by atoms with Crippen LogP contribution in [0.4, 0.5) is 13.2 Å². The zero-order chi connectivity index (χ0) is 11.4. The number of carbonyl (C=O) groups is 1. The first kappa shape index (κ1) is 13.5. The van der Waals surface area contributed by atoms with Gasteiger partial charge in [-0.25, -0.2) is 4.79 Å². The maximum atomic E-state index is 12.3. The minimum absolute atomic E-state index is 0.198. The van der Waals surface area contributed by atoms with Crippen molar-refractivity contribution in [3.63, 3.8) is 0 Å². The first-order valence-corrected chi connectivity index (χ1v) is 4.24. The molecule has 0 aliphatic carbocycles. The molecule has 0 aromatic heterocycles. The molecule has 0 aromatic rings. The molecular weight excluding hydrogens is 225 g/mol. The van der Waals surface area contributed by atoms with E-state index in [1.807, 2.05) is 0 Å². The standard InChI is InChI=1S/C7H10ClF3O3/c1-3-13-5(12)6(8,14-4-2)7(9,10)11/h3-4H2,1-2H3. The lowest BCUT2D eigenvalue weighted by Crippen LogP contribution is -2.50. The summed E-state index contributed by atoms with van der Waals surface area (Å²) in [5, 5.41) is -3.39. The van der Waals surface area contributed by atoms with Crippen molar-refractivity contribution >= 4 is 17.6 Å². The number of ether oxygens (including phenoxy) is 2. The summed E-state index contributed by atoms with van der Waals surface area (Å²) in [7, 11) is 0. The van der Waals surface area contributed by atoms with Gasteiger partial charge in [0.2, 0.25) is 0 Å². The summed E-state index contributed by atoms with van der Waals surface area (Å²) < 4.78 is 45.3. The molecule has 0 saturated carbocycles. The molecule has 1 atom stereocenters. The molecule has 0 bridgehead atoms. The van der Waals surface area contributed by atoms with Gasteiger partial charge in [0.1, 0.15) is 0 Å². The number of carbonyl (C=O) groups excluding carboxylic acids is 1. The largest absolute Gasteiger partial charge is 0.463 e. The Morgan fingerprint density at radius 2 is 1.79 bits per heavy atom. The molecule has 0 fully saturated rings. The molecule has 84 valence electrons. The number of alkyl halides is 4. The van der Waals surface area contributed by atoms with Crippen LogP contribution in [0.5, 0.6) is 0 Å². The van der Waals surface area contributed by atoms with Crippen LogP contribution in [0, 0.1) is 0 Å². The van der Waals surface area contributed by atoms with Crippen LogP contribution >= 0.6 is 11.6 Å². The quantitative estimate of drug-likeness (QED) is 0.552. The molecule has 0 rings (SSSR count). The molecule has 0 amide bonds. The Morgan fingerprint density at radius 1 is 1.29 bits per heavy atom. The zero-order valence-electron chi connectivity index (χ0n) is 7.65. The van der Waals surface area contributed by atoms with E-state index in [0.29, 0.717) is 0 Å². The Bertz CT molecular complexity index is 207. The van der Waals surface area contributed by atoms with Crippen molar-refractivity contribution in [3.8, 4) is 0 Å². The average Bonchev–Trinajstić information content (AvgIpc) is 2.03. The van der Waals surface area contributed by atoms with Gasteiger partial charge in [0.15, 0.2) is 0 Å². The van der Waals surface area contributed by atoms with Crippen LogP contribution in [0.3, 0.4) is 0 Å². The molecule has 0 heterocycles. The zero-order valence-corrected chi connectivity index (χ0v) is 8.41. The molecular formula is C7H10ClF3O3. The molecule has 3 nitrogen and oxygen atoms in total. The van der Waals surface area contributed by atoms with Crippen LogP contribution in [0.1, 0.15) is 13.8 Å². The lowest BCUT2D eigenvalue weighted by molar-refractivity contribution is -0.246. The molecule has 1 unspecified atom stereocenters. The van der Waals surface area contributed by atoms with Gasteiger partial charge in [-0.15, -0.1) is 0 Å². The number of hydrogen-bond donors (Lipinski definition) is 0. The van der Waals surface area contributed by atoms with E-state index < -0.39 is 17.2 Å². The molecule has 7 heteroatoms. The van der Waals surface area contributed by atoms with Crippen LogP contribution in [0.15, 0.2) is 0 Å². The van der Waals surface area contributed by atoms with Gasteiger partial charge in [0.25, 0.3) is 0 Å². The minimum Gasteiger partial charge on any atom is -0.463 e. The summed E-state index contributed by atoms with van der Waals surface area (Å²) in [6.07, 6.45) is -5.00. The van der Waals surface area contributed by atoms with E-state index in [0.717, 1.165) is 0 Å². The summed E-state index contributed by atoms with van der Waals surface area (Å²) in [4.78, 5) is 10.9. The van der Waals surface area contributed by atoms with E-state index >= 15 is 0 Å². The highest BCUT2D eigenvalue weighted by atomic mass is 35.5. The maximum absolute atomic E-state index is 12.3. The maximum Gasteiger partial charge on any atom is 0.443 e. The van der Waals surface area contributed by atoms with Crippen molar-refractivity contribution in [1.29, 1.82) is 0 Å². The summed E-state index contributed by atoms with van der Waals surface area (Å²) in [5.41, 5.74) is 0. The summed E-state index contributed by atoms with van der Waals surface area (Å²) in [6, 6.07) is 0. The predicted octanol–water partition coefficient (Wildman–Crippen LogP) is 2.08. The number of esters is 1. The molecule has 0 aliphatic heterocycles. The Balaban J connectivity index is 4.80. The summed E-state index contributed by atoms with van der Waals surface area (Å²) in [6.45, 7) is 2.12. The van der Waals surface area contributed by atoms with Gasteiger partial charge in [0, 0.05) is 6.61 Å². The van der Waals surface area contributed by atoms with Gasteiger partial charge >= 0.3 is 17.2 Å². The minimum atomic E-state index is -5.00. The van der Waals surface area contributed by atoms with E-state index in [1.54, 1.807) is 0 Å². The third-order valence-corrected chi connectivity index (χ3v) is 1.72. The van der Waals surface area contributed by atoms with Crippen molar-refractivity contribution < 1.29 is 27.4 Å². The lowest BCUT2D eigenvalue weighted by Gasteiger charge is -2.26. The number of hydrogen-bond acceptors (Lipinski definition) is 3. The highest BCUT2D eigenvalue weighted by Gasteiger charge is 2.62. The predicted molar refractivity (Wildman–Crippen MR) is 42.9 cm³/mol. The summed E-state index contributed by atoms with van der Waals surface area (Å²) in [5.74, 6) is -1.64. The first-order chi connectivity index (χ1) is 6.29. The van der Waals surface area contributed by atoms with Crippen molar-refractivity contribution in [2.75, 3.05) is 13.2 Å². The van der Waals surface area contributed by atoms with Gasteiger partial charge in [-0.3, -0.25) is 0 Å². The fourth-order valence-corrected chi connectivity index (χ4v) is 0.843. The third-order valence-electron chi connectivity index (χ3n) is 1.25. The highest BCUT2D eigenvalue weighted by Crippen LogP contribution is 2.38. The van der Waals surface area contributed by atoms with Crippen molar-refractivity contribution in [3.05, 3.63) is 0 Å². The monoisotopic (exact) mass is 234 g/mol. The first-order valence-electron chi connectivity index (χ1n) is 3.86. The van der Waals surface area contributed by atoms with E-state index in [2.05, 4.69) is 9.47 Å². The Hall–Kier alpha value is -0.490. The SMILES string of the molecule is CCOC(=O)C(Cl)(OCC)C(F)(F)F. The smallest absolute Gasteiger partial charge is 0.443 e. The molecule has 0 N–H and O–H groups in total. The van der Waals surface area contributed by atoms with E-state index in [1.165, 1.54) is 13.8 Å².